The van der Waals surface area contributed by atoms with Crippen LogP contribution in [0, 0.1) is 0 Å². The zero-order valence-electron chi connectivity index (χ0n) is 8.32. The summed E-state index contributed by atoms with van der Waals surface area (Å²) in [5.74, 6) is 0.824. The van der Waals surface area contributed by atoms with Crippen LogP contribution in [0.25, 0.3) is 0 Å². The van der Waals surface area contributed by atoms with E-state index in [9.17, 15) is 0 Å². The molecule has 13 heavy (non-hydrogen) atoms. The Hall–Kier alpha value is -0.970. The standard InChI is InChI=1S/C8H17N5/c1-3-4-7-13-11-8(10-12-13)5-6-9-2/h9H,3-7H2,1-2H3. The van der Waals surface area contributed by atoms with E-state index < -0.39 is 0 Å². The van der Waals surface area contributed by atoms with E-state index in [1.54, 1.807) is 4.80 Å². The van der Waals surface area contributed by atoms with Gasteiger partial charge in [0.05, 0.1) is 6.54 Å². The van der Waals surface area contributed by atoms with Gasteiger partial charge < -0.3 is 5.32 Å². The molecule has 0 saturated carbocycles. The fourth-order valence-electron chi connectivity index (χ4n) is 1.01. The van der Waals surface area contributed by atoms with E-state index in [0.29, 0.717) is 0 Å². The zero-order chi connectivity index (χ0) is 9.52. The third-order valence-electron chi connectivity index (χ3n) is 1.80. The number of tetrazole rings is 1. The first kappa shape index (κ1) is 10.1. The number of rotatable bonds is 6. The summed E-state index contributed by atoms with van der Waals surface area (Å²) in [6.45, 7) is 3.93. The summed E-state index contributed by atoms with van der Waals surface area (Å²) in [5, 5.41) is 15.2. The van der Waals surface area contributed by atoms with Gasteiger partial charge in [-0.15, -0.1) is 10.2 Å². The summed E-state index contributed by atoms with van der Waals surface area (Å²) in [6.07, 6.45) is 3.12. The van der Waals surface area contributed by atoms with Crippen molar-refractivity contribution >= 4 is 0 Å². The molecule has 0 radical (unpaired) electrons. The highest BCUT2D eigenvalue weighted by Gasteiger charge is 2.00. The summed E-state index contributed by atoms with van der Waals surface area (Å²) in [5.41, 5.74) is 0. The van der Waals surface area contributed by atoms with Crippen LogP contribution in [0.2, 0.25) is 0 Å². The van der Waals surface area contributed by atoms with E-state index in [4.69, 9.17) is 0 Å². The van der Waals surface area contributed by atoms with Crippen LogP contribution in [0.1, 0.15) is 25.6 Å². The first-order chi connectivity index (χ1) is 6.36. The lowest BCUT2D eigenvalue weighted by atomic mass is 10.3. The van der Waals surface area contributed by atoms with Gasteiger partial charge in [0.2, 0.25) is 0 Å². The maximum absolute atomic E-state index is 4.24. The molecule has 5 heteroatoms. The molecule has 0 aliphatic rings. The van der Waals surface area contributed by atoms with Crippen molar-refractivity contribution in [3.8, 4) is 0 Å². The Kier molecular flexibility index (Phi) is 4.39. The maximum atomic E-state index is 4.24. The van der Waals surface area contributed by atoms with Gasteiger partial charge in [0.15, 0.2) is 5.82 Å². The number of aryl methyl sites for hydroxylation is 1. The largest absolute Gasteiger partial charge is 0.319 e. The highest BCUT2D eigenvalue weighted by atomic mass is 15.6. The van der Waals surface area contributed by atoms with Gasteiger partial charge >= 0.3 is 0 Å². The molecule has 1 rings (SSSR count). The minimum atomic E-state index is 0.824. The third kappa shape index (κ3) is 3.50. The molecule has 1 heterocycles. The molecule has 0 aromatic carbocycles. The molecule has 1 N–H and O–H groups in total. The van der Waals surface area contributed by atoms with Crippen LogP contribution in [0.15, 0.2) is 0 Å². The Morgan fingerprint density at radius 3 is 3.00 bits per heavy atom. The lowest BCUT2D eigenvalue weighted by molar-refractivity contribution is 0.494. The lowest BCUT2D eigenvalue weighted by Crippen LogP contribution is -2.11. The van der Waals surface area contributed by atoms with Crippen molar-refractivity contribution in [2.75, 3.05) is 13.6 Å². The van der Waals surface area contributed by atoms with E-state index in [1.807, 2.05) is 7.05 Å². The van der Waals surface area contributed by atoms with Crippen molar-refractivity contribution in [3.05, 3.63) is 5.82 Å². The molecule has 0 aliphatic heterocycles. The number of aromatic nitrogens is 4. The van der Waals surface area contributed by atoms with Gasteiger partial charge in [0.1, 0.15) is 0 Å². The van der Waals surface area contributed by atoms with Crippen LogP contribution in [-0.4, -0.2) is 33.8 Å². The molecule has 0 unspecified atom stereocenters. The normalized spacial score (nSPS) is 10.6. The van der Waals surface area contributed by atoms with Crippen molar-refractivity contribution in [3.63, 3.8) is 0 Å². The topological polar surface area (TPSA) is 55.6 Å². The SMILES string of the molecule is CCCCn1nnc(CCNC)n1. The Bertz CT molecular complexity index is 210. The van der Waals surface area contributed by atoms with Crippen molar-refractivity contribution in [2.24, 2.45) is 0 Å². The second kappa shape index (κ2) is 5.64. The van der Waals surface area contributed by atoms with E-state index in [2.05, 4.69) is 27.7 Å². The molecule has 0 spiro atoms. The number of nitrogens with one attached hydrogen (secondary N) is 1. The highest BCUT2D eigenvalue weighted by Crippen LogP contribution is 1.92. The van der Waals surface area contributed by atoms with Crippen molar-refractivity contribution in [1.82, 2.24) is 25.5 Å². The van der Waals surface area contributed by atoms with Crippen LogP contribution < -0.4 is 5.32 Å². The third-order valence-corrected chi connectivity index (χ3v) is 1.80. The van der Waals surface area contributed by atoms with Crippen LogP contribution in [0.5, 0.6) is 0 Å². The van der Waals surface area contributed by atoms with E-state index in [0.717, 1.165) is 38.2 Å². The van der Waals surface area contributed by atoms with Crippen molar-refractivity contribution in [1.29, 1.82) is 0 Å². The molecule has 0 amide bonds. The fraction of sp³-hybridized carbons (Fsp3) is 0.875. The van der Waals surface area contributed by atoms with Crippen LogP contribution in [-0.2, 0) is 13.0 Å². The van der Waals surface area contributed by atoms with Crippen LogP contribution in [0.4, 0.5) is 0 Å². The summed E-state index contributed by atoms with van der Waals surface area (Å²) < 4.78 is 0. The summed E-state index contributed by atoms with van der Waals surface area (Å²) >= 11 is 0. The predicted octanol–water partition coefficient (Wildman–Crippen LogP) is 0.235. The lowest BCUT2D eigenvalue weighted by Gasteiger charge is -1.94. The van der Waals surface area contributed by atoms with Crippen LogP contribution >= 0.6 is 0 Å². The maximum Gasteiger partial charge on any atom is 0.176 e. The van der Waals surface area contributed by atoms with E-state index in [-0.39, 0.29) is 0 Å². The molecule has 74 valence electrons. The molecule has 0 atom stereocenters. The Morgan fingerprint density at radius 2 is 2.31 bits per heavy atom. The van der Waals surface area contributed by atoms with Gasteiger partial charge in [0, 0.05) is 13.0 Å². The average Bonchev–Trinajstić information content (AvgIpc) is 2.59. The number of unbranched alkanes of at least 4 members (excludes halogenated alkanes) is 1. The monoisotopic (exact) mass is 183 g/mol. The van der Waals surface area contributed by atoms with Gasteiger partial charge in [-0.2, -0.15) is 4.80 Å². The van der Waals surface area contributed by atoms with E-state index in [1.165, 1.54) is 0 Å². The van der Waals surface area contributed by atoms with E-state index >= 15 is 0 Å². The minimum Gasteiger partial charge on any atom is -0.319 e. The first-order valence-corrected chi connectivity index (χ1v) is 4.78. The highest BCUT2D eigenvalue weighted by molar-refractivity contribution is 4.77. The number of hydrogen-bond donors (Lipinski definition) is 1. The summed E-state index contributed by atoms with van der Waals surface area (Å²) in [4.78, 5) is 1.68. The van der Waals surface area contributed by atoms with Crippen molar-refractivity contribution in [2.45, 2.75) is 32.7 Å². The molecule has 0 saturated heterocycles. The van der Waals surface area contributed by atoms with Gasteiger partial charge in [-0.25, -0.2) is 0 Å². The molecule has 5 nitrogen and oxygen atoms in total. The molecule has 1 aromatic rings. The summed E-state index contributed by atoms with van der Waals surface area (Å²) in [6, 6.07) is 0. The molecule has 0 aliphatic carbocycles. The number of hydrogen-bond acceptors (Lipinski definition) is 4. The van der Waals surface area contributed by atoms with Gasteiger partial charge in [0.25, 0.3) is 0 Å². The van der Waals surface area contributed by atoms with Gasteiger partial charge in [-0.1, -0.05) is 13.3 Å². The molecule has 0 bridgehead atoms. The molecule has 0 fully saturated rings. The minimum absolute atomic E-state index is 0.824. The Labute approximate surface area is 78.5 Å². The van der Waals surface area contributed by atoms with Crippen LogP contribution in [0.3, 0.4) is 0 Å². The number of likely N-dealkylation sites (N-methyl/N-ethyl adjacent to an activating group) is 1. The molecule has 1 aromatic heterocycles. The summed E-state index contributed by atoms with van der Waals surface area (Å²) in [7, 11) is 1.92. The smallest absolute Gasteiger partial charge is 0.176 e. The Balaban J connectivity index is 2.34. The molecular formula is C8H17N5. The quantitative estimate of drug-likeness (QED) is 0.686. The average molecular weight is 183 g/mol. The van der Waals surface area contributed by atoms with Gasteiger partial charge in [-0.3, -0.25) is 0 Å². The molecular weight excluding hydrogens is 166 g/mol. The number of nitrogens with zero attached hydrogens (tertiary/aromatic N) is 4. The predicted molar refractivity (Wildman–Crippen MR) is 50.4 cm³/mol. The van der Waals surface area contributed by atoms with Gasteiger partial charge in [-0.05, 0) is 18.7 Å². The second-order valence-electron chi connectivity index (χ2n) is 3.01. The Morgan fingerprint density at radius 1 is 1.46 bits per heavy atom. The first-order valence-electron chi connectivity index (χ1n) is 4.78. The second-order valence-corrected chi connectivity index (χ2v) is 3.01. The zero-order valence-corrected chi connectivity index (χ0v) is 8.32. The van der Waals surface area contributed by atoms with Crippen molar-refractivity contribution < 1.29 is 0 Å². The fourth-order valence-corrected chi connectivity index (χ4v) is 1.01.